The topological polar surface area (TPSA) is 27.7 Å². The monoisotopic (exact) mass is 458 g/mol. The second-order valence-electron chi connectivity index (χ2n) is 9.31. The molecular weight excluding hydrogens is 421 g/mol. The molecule has 1 atom stereocenters. The average Bonchev–Trinajstić information content (AvgIpc) is 2.79. The van der Waals surface area contributed by atoms with Gasteiger partial charge in [-0.3, -0.25) is 0 Å². The Labute approximate surface area is 187 Å². The van der Waals surface area contributed by atoms with Crippen molar-refractivity contribution in [2.75, 3.05) is 19.8 Å². The highest BCUT2D eigenvalue weighted by Crippen LogP contribution is 2.34. The normalized spacial score (nSPS) is 26.6. The lowest BCUT2D eigenvalue weighted by atomic mass is 10.0. The summed E-state index contributed by atoms with van der Waals surface area (Å²) < 4.78 is 19.3. The van der Waals surface area contributed by atoms with Crippen molar-refractivity contribution in [3.8, 4) is 0 Å². The minimum Gasteiger partial charge on any atom is -0.416 e. The highest BCUT2D eigenvalue weighted by Gasteiger charge is 2.45. The van der Waals surface area contributed by atoms with Crippen molar-refractivity contribution in [3.63, 3.8) is 0 Å². The molecule has 3 heterocycles. The van der Waals surface area contributed by atoms with Gasteiger partial charge in [-0.15, -0.1) is 6.58 Å². The lowest BCUT2D eigenvalue weighted by Gasteiger charge is -2.40. The molecule has 6 heteroatoms. The molecule has 3 fully saturated rings. The molecule has 0 aliphatic carbocycles. The molecule has 3 aliphatic rings. The van der Waals surface area contributed by atoms with Crippen molar-refractivity contribution in [2.24, 2.45) is 0 Å². The van der Waals surface area contributed by atoms with Crippen LogP contribution in [0.3, 0.4) is 0 Å². The zero-order chi connectivity index (χ0) is 21.0. The fourth-order valence-electron chi connectivity index (χ4n) is 5.24. The van der Waals surface area contributed by atoms with Crippen LogP contribution in [0, 0.1) is 13.8 Å². The summed E-state index contributed by atoms with van der Waals surface area (Å²) in [5.41, 5.74) is 4.43. The van der Waals surface area contributed by atoms with Crippen molar-refractivity contribution in [2.45, 2.75) is 82.6 Å². The van der Waals surface area contributed by atoms with Crippen LogP contribution in [0.1, 0.15) is 55.2 Å². The highest BCUT2D eigenvalue weighted by molar-refractivity contribution is 6.94. The molecule has 0 aromatic heterocycles. The van der Waals surface area contributed by atoms with Crippen molar-refractivity contribution in [1.29, 1.82) is 0 Å². The van der Waals surface area contributed by atoms with Crippen molar-refractivity contribution >= 4 is 31.6 Å². The first-order chi connectivity index (χ1) is 14.6. The number of benzene rings is 1. The van der Waals surface area contributed by atoms with Crippen LogP contribution in [-0.4, -0.2) is 46.2 Å². The molecule has 30 heavy (non-hydrogen) atoms. The van der Waals surface area contributed by atoms with Crippen LogP contribution < -0.4 is 5.19 Å². The van der Waals surface area contributed by atoms with E-state index in [1.165, 1.54) is 78.2 Å². The van der Waals surface area contributed by atoms with E-state index < -0.39 is 26.4 Å². The zero-order valence-corrected chi connectivity index (χ0v) is 22.0. The van der Waals surface area contributed by atoms with Gasteiger partial charge in [0.2, 0.25) is 18.1 Å². The average molecular weight is 459 g/mol. The Morgan fingerprint density at radius 2 is 1.63 bits per heavy atom. The van der Waals surface area contributed by atoms with Crippen LogP contribution in [0.4, 0.5) is 0 Å². The van der Waals surface area contributed by atoms with E-state index in [4.69, 9.17) is 19.9 Å². The molecule has 3 nitrogen and oxygen atoms in total. The number of allylic oxidation sites excluding steroid dienone is 1. The van der Waals surface area contributed by atoms with Gasteiger partial charge in [-0.1, -0.05) is 36.6 Å². The molecule has 3 saturated heterocycles. The van der Waals surface area contributed by atoms with E-state index in [1.807, 2.05) is 0 Å². The number of rotatable bonds is 6. The molecule has 3 aliphatic heterocycles. The zero-order valence-electron chi connectivity index (χ0n) is 19.0. The van der Waals surface area contributed by atoms with Gasteiger partial charge in [-0.25, -0.2) is 0 Å². The Kier molecular flexibility index (Phi) is 7.86. The molecule has 1 aromatic carbocycles. The van der Waals surface area contributed by atoms with Gasteiger partial charge in [-0.2, -0.15) is 0 Å². The predicted octanol–water partition coefficient (Wildman–Crippen LogP) is 5.05. The first-order valence-corrected chi connectivity index (χ1v) is 17.7. The summed E-state index contributed by atoms with van der Waals surface area (Å²) in [6.07, 6.45) is 7.59. The van der Waals surface area contributed by atoms with Gasteiger partial charge in [-0.05, 0) is 85.2 Å². The van der Waals surface area contributed by atoms with E-state index in [-0.39, 0.29) is 0 Å². The van der Waals surface area contributed by atoms with Crippen molar-refractivity contribution in [3.05, 3.63) is 40.6 Å². The van der Waals surface area contributed by atoms with Crippen LogP contribution in [0.15, 0.2) is 23.9 Å². The lowest BCUT2D eigenvalue weighted by molar-refractivity contribution is 0.277. The Balaban J connectivity index is 1.67. The van der Waals surface area contributed by atoms with E-state index in [2.05, 4.69) is 26.0 Å². The Bertz CT molecular complexity index is 733. The van der Waals surface area contributed by atoms with Crippen LogP contribution in [-0.2, 0) is 19.3 Å². The molecule has 2 radical (unpaired) electrons. The summed E-state index contributed by atoms with van der Waals surface area (Å²) in [6.45, 7) is 12.1. The minimum absolute atomic E-state index is 0.759. The van der Waals surface area contributed by atoms with E-state index in [0.717, 1.165) is 31.9 Å². The van der Waals surface area contributed by atoms with Gasteiger partial charge in [0.1, 0.15) is 0 Å². The number of hydrogen-bond donors (Lipinski definition) is 0. The maximum atomic E-state index is 6.85. The highest BCUT2D eigenvalue weighted by atomic mass is 28.4. The van der Waals surface area contributed by atoms with Crippen LogP contribution in [0.25, 0.3) is 0 Å². The minimum atomic E-state index is -2.22. The first kappa shape index (κ1) is 22.7. The van der Waals surface area contributed by atoms with E-state index in [9.17, 15) is 0 Å². The Morgan fingerprint density at radius 3 is 2.27 bits per heavy atom. The molecule has 0 spiro atoms. The second kappa shape index (κ2) is 10.4. The Morgan fingerprint density at radius 1 is 0.933 bits per heavy atom. The van der Waals surface area contributed by atoms with E-state index >= 15 is 0 Å². The second-order valence-corrected chi connectivity index (χ2v) is 17.4. The first-order valence-electron chi connectivity index (χ1n) is 12.0. The predicted molar refractivity (Wildman–Crippen MR) is 130 cm³/mol. The van der Waals surface area contributed by atoms with Crippen LogP contribution in [0.2, 0.25) is 24.2 Å². The van der Waals surface area contributed by atoms with Gasteiger partial charge >= 0.3 is 0 Å². The summed E-state index contributed by atoms with van der Waals surface area (Å²) in [7, 11) is -3.74. The lowest BCUT2D eigenvalue weighted by Crippen LogP contribution is -2.57. The molecule has 0 amide bonds. The van der Waals surface area contributed by atoms with Crippen LogP contribution >= 0.6 is 0 Å². The third kappa shape index (κ3) is 4.94. The van der Waals surface area contributed by atoms with Crippen LogP contribution in [0.5, 0.6) is 0 Å². The molecule has 164 valence electrons. The number of hydrogen-bond acceptors (Lipinski definition) is 3. The Hall–Kier alpha value is -0.509. The van der Waals surface area contributed by atoms with Crippen molar-refractivity contribution in [1.82, 2.24) is 0 Å². The fraction of sp³-hybridized carbons (Fsp3) is 0.667. The third-order valence-corrected chi connectivity index (χ3v) is 16.6. The van der Waals surface area contributed by atoms with Gasteiger partial charge in [0.15, 0.2) is 0 Å². The molecular formula is C24H38O3Si3. The van der Waals surface area contributed by atoms with E-state index in [0.29, 0.717) is 0 Å². The molecule has 0 N–H and O–H groups in total. The summed E-state index contributed by atoms with van der Waals surface area (Å²) in [5, 5.41) is 2.93. The summed E-state index contributed by atoms with van der Waals surface area (Å²) in [5.74, 6) is 0. The molecule has 1 unspecified atom stereocenters. The van der Waals surface area contributed by atoms with Gasteiger partial charge in [0.25, 0.3) is 8.32 Å². The standard InChI is InChI=1S/C24H38O3Si3/c1-20-10-11-24(23(22(20)3)19-29-16-8-5-13-26-29)30(17-9-6-14-27-30)21(2)18-28-15-7-4-12-25-28/h10-11H,2,4-9,12-19H2,1,3H3. The van der Waals surface area contributed by atoms with Crippen molar-refractivity contribution < 1.29 is 13.3 Å². The quantitative estimate of drug-likeness (QED) is 0.559. The summed E-state index contributed by atoms with van der Waals surface area (Å²) >= 11 is 0. The maximum absolute atomic E-state index is 6.85. The summed E-state index contributed by atoms with van der Waals surface area (Å²) in [6, 6.07) is 10.7. The van der Waals surface area contributed by atoms with Gasteiger partial charge in [0, 0.05) is 19.8 Å². The maximum Gasteiger partial charge on any atom is 0.251 e. The van der Waals surface area contributed by atoms with Gasteiger partial charge < -0.3 is 13.3 Å². The molecule has 1 aromatic rings. The number of aryl methyl sites for hydroxylation is 1. The third-order valence-electron chi connectivity index (χ3n) is 7.24. The van der Waals surface area contributed by atoms with Gasteiger partial charge in [0.05, 0.1) is 0 Å². The smallest absolute Gasteiger partial charge is 0.251 e. The molecule has 4 rings (SSSR count). The fourth-order valence-corrected chi connectivity index (χ4v) is 15.3. The molecule has 0 saturated carbocycles. The van der Waals surface area contributed by atoms with E-state index in [1.54, 1.807) is 5.56 Å². The SMILES string of the molecule is C=C(C[Si]1CCCCO1)[Si]1(c2ccc(C)c(C)c2C[Si]2CCCCO2)CCCCO1. The summed E-state index contributed by atoms with van der Waals surface area (Å²) in [4.78, 5) is 0. The molecule has 0 bridgehead atoms. The largest absolute Gasteiger partial charge is 0.416 e.